The van der Waals surface area contributed by atoms with E-state index in [-0.39, 0.29) is 11.2 Å². The van der Waals surface area contributed by atoms with E-state index < -0.39 is 0 Å². The molecule has 1 aromatic heterocycles. The molecule has 0 radical (unpaired) electrons. The molecule has 0 fully saturated rings. The van der Waals surface area contributed by atoms with Crippen LogP contribution in [0.25, 0.3) is 10.9 Å². The molecular formula is C13H13NO. The number of aromatic nitrogens is 1. The van der Waals surface area contributed by atoms with Crippen LogP contribution in [0.5, 0.6) is 0 Å². The van der Waals surface area contributed by atoms with Gasteiger partial charge < -0.3 is 4.98 Å². The Kier molecular flexibility index (Phi) is 1.46. The van der Waals surface area contributed by atoms with Gasteiger partial charge in [0.25, 0.3) is 0 Å². The predicted octanol–water partition coefficient (Wildman–Crippen LogP) is 3.03. The fourth-order valence-corrected chi connectivity index (χ4v) is 2.65. The van der Waals surface area contributed by atoms with Crippen LogP contribution >= 0.6 is 0 Å². The third-order valence-electron chi connectivity index (χ3n) is 3.31. The molecule has 0 unspecified atom stereocenters. The van der Waals surface area contributed by atoms with Gasteiger partial charge in [0.05, 0.1) is 0 Å². The van der Waals surface area contributed by atoms with Crippen LogP contribution in [0.3, 0.4) is 0 Å². The molecule has 76 valence electrons. The lowest BCUT2D eigenvalue weighted by molar-refractivity contribution is 0.0979. The van der Waals surface area contributed by atoms with Crippen LogP contribution in [0.1, 0.15) is 36.2 Å². The zero-order valence-electron chi connectivity index (χ0n) is 8.92. The summed E-state index contributed by atoms with van der Waals surface area (Å²) in [6.07, 6.45) is 2.56. The molecule has 0 spiro atoms. The number of carbonyl (C=O) groups excluding carboxylic acids is 1. The maximum absolute atomic E-state index is 11.8. The largest absolute Gasteiger partial charge is 0.361 e. The van der Waals surface area contributed by atoms with Gasteiger partial charge in [0.1, 0.15) is 0 Å². The number of fused-ring (bicyclic) bond motifs is 3. The molecule has 1 N–H and O–H groups in total. The average Bonchev–Trinajstić information content (AvgIpc) is 2.68. The summed E-state index contributed by atoms with van der Waals surface area (Å²) in [6.45, 7) is 4.27. The highest BCUT2D eigenvalue weighted by Crippen LogP contribution is 2.41. The van der Waals surface area contributed by atoms with E-state index in [0.29, 0.717) is 6.42 Å². The number of H-pyrrole nitrogens is 1. The van der Waals surface area contributed by atoms with Gasteiger partial charge in [-0.15, -0.1) is 0 Å². The lowest BCUT2D eigenvalue weighted by Gasteiger charge is -2.18. The van der Waals surface area contributed by atoms with Crippen molar-refractivity contribution in [1.29, 1.82) is 0 Å². The van der Waals surface area contributed by atoms with Crippen molar-refractivity contribution in [3.05, 3.63) is 35.5 Å². The van der Waals surface area contributed by atoms with Crippen LogP contribution in [0.15, 0.2) is 24.4 Å². The van der Waals surface area contributed by atoms with Crippen molar-refractivity contribution in [2.45, 2.75) is 25.7 Å². The topological polar surface area (TPSA) is 32.9 Å². The number of benzene rings is 1. The average molecular weight is 199 g/mol. The van der Waals surface area contributed by atoms with E-state index in [1.54, 1.807) is 0 Å². The second kappa shape index (κ2) is 2.51. The van der Waals surface area contributed by atoms with Crippen molar-refractivity contribution in [3.8, 4) is 0 Å². The first-order chi connectivity index (χ1) is 7.09. The summed E-state index contributed by atoms with van der Waals surface area (Å²) in [5.74, 6) is 0.270. The second-order valence-electron chi connectivity index (χ2n) is 4.91. The van der Waals surface area contributed by atoms with Crippen LogP contribution in [0, 0.1) is 0 Å². The molecule has 0 atom stereocenters. The summed E-state index contributed by atoms with van der Waals surface area (Å²) in [4.78, 5) is 15.1. The Bertz CT molecular complexity index is 563. The van der Waals surface area contributed by atoms with Crippen LogP contribution in [-0.2, 0) is 5.41 Å². The Morgan fingerprint density at radius 1 is 1.27 bits per heavy atom. The van der Waals surface area contributed by atoms with Crippen molar-refractivity contribution in [3.63, 3.8) is 0 Å². The number of ketones is 1. The molecule has 0 aliphatic heterocycles. The van der Waals surface area contributed by atoms with Gasteiger partial charge in [0.15, 0.2) is 5.78 Å². The first kappa shape index (κ1) is 8.72. The molecule has 1 aliphatic carbocycles. The first-order valence-electron chi connectivity index (χ1n) is 5.23. The molecule has 0 saturated heterocycles. The Morgan fingerprint density at radius 2 is 2.07 bits per heavy atom. The van der Waals surface area contributed by atoms with Gasteiger partial charge in [-0.3, -0.25) is 4.79 Å². The van der Waals surface area contributed by atoms with Crippen LogP contribution in [0.2, 0.25) is 0 Å². The highest BCUT2D eigenvalue weighted by atomic mass is 16.1. The van der Waals surface area contributed by atoms with Gasteiger partial charge in [0, 0.05) is 23.7 Å². The number of carbonyl (C=O) groups is 1. The van der Waals surface area contributed by atoms with Crippen molar-refractivity contribution in [1.82, 2.24) is 4.98 Å². The maximum atomic E-state index is 11.8. The number of nitrogens with one attached hydrogen (secondary N) is 1. The smallest absolute Gasteiger partial charge is 0.164 e. The van der Waals surface area contributed by atoms with E-state index in [1.165, 1.54) is 10.9 Å². The summed E-state index contributed by atoms with van der Waals surface area (Å²) in [7, 11) is 0. The summed E-state index contributed by atoms with van der Waals surface area (Å²) < 4.78 is 0. The van der Waals surface area contributed by atoms with E-state index in [1.807, 2.05) is 18.3 Å². The minimum absolute atomic E-state index is 0.0310. The Morgan fingerprint density at radius 3 is 2.87 bits per heavy atom. The quantitative estimate of drug-likeness (QED) is 0.695. The third-order valence-corrected chi connectivity index (χ3v) is 3.31. The lowest BCUT2D eigenvalue weighted by Crippen LogP contribution is -2.13. The van der Waals surface area contributed by atoms with Gasteiger partial charge in [-0.2, -0.15) is 0 Å². The standard InChI is InChI=1S/C13H13NO/c1-13(2)7-10(15)9-4-3-8-5-6-14-12(8)11(9)13/h3-6,14H,7H2,1-2H3. The summed E-state index contributed by atoms with van der Waals surface area (Å²) in [5, 5.41) is 1.19. The van der Waals surface area contributed by atoms with Crippen molar-refractivity contribution >= 4 is 16.7 Å². The molecule has 0 bridgehead atoms. The number of hydrogen-bond acceptors (Lipinski definition) is 1. The summed E-state index contributed by atoms with van der Waals surface area (Å²) >= 11 is 0. The predicted molar refractivity (Wildman–Crippen MR) is 60.3 cm³/mol. The van der Waals surface area contributed by atoms with Crippen LogP contribution in [0.4, 0.5) is 0 Å². The van der Waals surface area contributed by atoms with Gasteiger partial charge in [-0.05, 0) is 22.4 Å². The molecule has 2 nitrogen and oxygen atoms in total. The van der Waals surface area contributed by atoms with Crippen molar-refractivity contribution < 1.29 is 4.79 Å². The SMILES string of the molecule is CC1(C)CC(=O)c2ccc3cc[nH]c3c21. The Hall–Kier alpha value is -1.57. The molecular weight excluding hydrogens is 186 g/mol. The second-order valence-corrected chi connectivity index (χ2v) is 4.91. The number of aromatic amines is 1. The number of rotatable bonds is 0. The molecule has 3 rings (SSSR count). The maximum Gasteiger partial charge on any atom is 0.164 e. The lowest BCUT2D eigenvalue weighted by atomic mass is 9.85. The van der Waals surface area contributed by atoms with Gasteiger partial charge in [-0.1, -0.05) is 26.0 Å². The normalized spacial score (nSPS) is 18.4. The molecule has 1 aromatic carbocycles. The zero-order valence-corrected chi connectivity index (χ0v) is 8.92. The van der Waals surface area contributed by atoms with Crippen LogP contribution < -0.4 is 0 Å². The van der Waals surface area contributed by atoms with E-state index in [9.17, 15) is 4.79 Å². The third kappa shape index (κ3) is 1.02. The molecule has 1 heterocycles. The molecule has 0 saturated carbocycles. The van der Waals surface area contributed by atoms with Gasteiger partial charge in [-0.25, -0.2) is 0 Å². The van der Waals surface area contributed by atoms with E-state index >= 15 is 0 Å². The highest BCUT2D eigenvalue weighted by Gasteiger charge is 2.37. The minimum Gasteiger partial charge on any atom is -0.361 e. The summed E-state index contributed by atoms with van der Waals surface area (Å²) in [6, 6.07) is 6.03. The Labute approximate surface area is 88.3 Å². The summed E-state index contributed by atoms with van der Waals surface area (Å²) in [5.41, 5.74) is 3.19. The number of hydrogen-bond donors (Lipinski definition) is 1. The fraction of sp³-hybridized carbons (Fsp3) is 0.308. The van der Waals surface area contributed by atoms with Crippen molar-refractivity contribution in [2.75, 3.05) is 0 Å². The molecule has 0 amide bonds. The Balaban J connectivity index is 2.47. The van der Waals surface area contributed by atoms with Crippen molar-refractivity contribution in [2.24, 2.45) is 0 Å². The van der Waals surface area contributed by atoms with Gasteiger partial charge in [0.2, 0.25) is 0 Å². The molecule has 2 aromatic rings. The number of Topliss-reactive ketones (excluding diaryl/α,β-unsaturated/α-hetero) is 1. The minimum atomic E-state index is -0.0310. The van der Waals surface area contributed by atoms with E-state index in [2.05, 4.69) is 24.9 Å². The zero-order chi connectivity index (χ0) is 10.6. The van der Waals surface area contributed by atoms with Crippen LogP contribution in [-0.4, -0.2) is 10.8 Å². The fourth-order valence-electron chi connectivity index (χ4n) is 2.65. The van der Waals surface area contributed by atoms with Gasteiger partial charge >= 0.3 is 0 Å². The monoisotopic (exact) mass is 199 g/mol. The van der Waals surface area contributed by atoms with E-state index in [0.717, 1.165) is 11.1 Å². The molecule has 1 aliphatic rings. The van der Waals surface area contributed by atoms with E-state index in [4.69, 9.17) is 0 Å². The molecule has 15 heavy (non-hydrogen) atoms. The molecule has 2 heteroatoms. The first-order valence-corrected chi connectivity index (χ1v) is 5.23. The highest BCUT2D eigenvalue weighted by molar-refractivity contribution is 6.06.